The molecule has 0 aliphatic heterocycles. The molecule has 0 aromatic heterocycles. The molecule has 3 unspecified atom stereocenters. The van der Waals surface area contributed by atoms with Crippen LogP contribution in [0.25, 0.3) is 0 Å². The first-order valence-electron chi connectivity index (χ1n) is 15.4. The molecule has 0 aliphatic carbocycles. The van der Waals surface area contributed by atoms with Crippen LogP contribution in [0.1, 0.15) is 74.7 Å². The van der Waals surface area contributed by atoms with Gasteiger partial charge in [-0.2, -0.15) is 0 Å². The molecule has 18 nitrogen and oxygen atoms in total. The second-order valence-electron chi connectivity index (χ2n) is 11.0. The number of carbonyl (C=O) groups excluding carboxylic acids is 9. The molecular weight excluding hydrogens is 920 g/mol. The lowest BCUT2D eigenvalue weighted by Gasteiger charge is -2.30. The van der Waals surface area contributed by atoms with Gasteiger partial charge >= 0.3 is 35.8 Å². The van der Waals surface area contributed by atoms with E-state index in [9.17, 15) is 43.2 Å². The van der Waals surface area contributed by atoms with Crippen molar-refractivity contribution in [2.45, 2.75) is 73.7 Å². The maximum atomic E-state index is 13.9. The Morgan fingerprint density at radius 1 is 0.558 bits per heavy atom. The number of hydrogen-bond donors (Lipinski definition) is 2. The van der Waals surface area contributed by atoms with Crippen molar-refractivity contribution < 1.29 is 71.6 Å². The fraction of sp³-hybridized carbons (Fsp3) is 0.531. The lowest BCUT2D eigenvalue weighted by atomic mass is 9.99. The van der Waals surface area contributed by atoms with E-state index >= 15 is 0 Å². The Kier molecular flexibility index (Phi) is 19.5. The lowest BCUT2D eigenvalue weighted by Crippen LogP contribution is -2.43. The summed E-state index contributed by atoms with van der Waals surface area (Å²) in [6, 6.07) is 0. The van der Waals surface area contributed by atoms with Gasteiger partial charge < -0.3 is 44.0 Å². The molecule has 288 valence electrons. The second kappa shape index (κ2) is 22.1. The van der Waals surface area contributed by atoms with E-state index in [2.05, 4.69) is 10.6 Å². The number of anilines is 1. The van der Waals surface area contributed by atoms with Crippen LogP contribution in [0, 0.1) is 14.1 Å². The molecule has 2 N–H and O–H groups in total. The molecule has 0 radical (unpaired) electrons. The number of ether oxygens (including phenoxy) is 6. The average Bonchev–Trinajstić information content (AvgIpc) is 3.00. The number of esters is 6. The van der Waals surface area contributed by atoms with Gasteiger partial charge in [-0.15, -0.1) is 0 Å². The second-order valence-corrected chi connectivity index (χ2v) is 13.2. The summed E-state index contributed by atoms with van der Waals surface area (Å²) in [4.78, 5) is 112. The number of benzene rings is 1. The number of rotatable bonds is 18. The van der Waals surface area contributed by atoms with E-state index in [-0.39, 0.29) is 62.4 Å². The topological polar surface area (TPSA) is 236 Å². The third-order valence-corrected chi connectivity index (χ3v) is 8.61. The van der Waals surface area contributed by atoms with E-state index in [0.29, 0.717) is 0 Å². The average molecular weight is 961 g/mol. The monoisotopic (exact) mass is 961 g/mol. The third-order valence-electron chi connectivity index (χ3n) is 6.48. The van der Waals surface area contributed by atoms with E-state index in [4.69, 9.17) is 28.4 Å². The predicted octanol–water partition coefficient (Wildman–Crippen LogP) is 1.50. The number of nitrogens with one attached hydrogen (secondary N) is 2. The minimum atomic E-state index is -1.16. The first-order valence-corrected chi connectivity index (χ1v) is 17.6. The fourth-order valence-electron chi connectivity index (χ4n) is 4.48. The summed E-state index contributed by atoms with van der Waals surface area (Å²) in [7, 11) is 0. The molecule has 1 rings (SSSR count). The number of amides is 3. The molecule has 3 amide bonds. The Morgan fingerprint density at radius 3 is 1.29 bits per heavy atom. The zero-order valence-electron chi connectivity index (χ0n) is 29.8. The van der Waals surface area contributed by atoms with Crippen LogP contribution in [0.3, 0.4) is 0 Å². The highest BCUT2D eigenvalue weighted by Crippen LogP contribution is 2.37. The molecule has 0 spiro atoms. The SMILES string of the molecule is CC(=O)OCC(CNC(=O)c1c(C)c(N(CC(COC(C)=O)OC(C)=O)C(C)=O)c(I)c(C(=O)NCC(COC(C)=O)OC(C)=O)c1I)OC(C)=O. The van der Waals surface area contributed by atoms with E-state index in [1.165, 1.54) is 13.8 Å². The molecule has 0 saturated carbocycles. The summed E-state index contributed by atoms with van der Waals surface area (Å²) in [6.45, 7) is 7.37. The highest BCUT2D eigenvalue weighted by molar-refractivity contribution is 14.1. The van der Waals surface area contributed by atoms with E-state index in [0.717, 1.165) is 46.4 Å². The van der Waals surface area contributed by atoms with Crippen molar-refractivity contribution in [1.29, 1.82) is 0 Å². The van der Waals surface area contributed by atoms with E-state index in [1.54, 1.807) is 22.6 Å². The number of halogens is 2. The van der Waals surface area contributed by atoms with Crippen molar-refractivity contribution in [2.75, 3.05) is 44.4 Å². The Morgan fingerprint density at radius 2 is 0.923 bits per heavy atom. The van der Waals surface area contributed by atoms with Gasteiger partial charge in [-0.25, -0.2) is 0 Å². The van der Waals surface area contributed by atoms with Crippen LogP contribution in [0.4, 0.5) is 5.69 Å². The van der Waals surface area contributed by atoms with Gasteiger partial charge in [0, 0.05) is 52.0 Å². The summed E-state index contributed by atoms with van der Waals surface area (Å²) >= 11 is 3.60. The van der Waals surface area contributed by atoms with Gasteiger partial charge in [-0.1, -0.05) is 0 Å². The first-order chi connectivity index (χ1) is 24.2. The lowest BCUT2D eigenvalue weighted by molar-refractivity contribution is -0.155. The number of nitrogens with zero attached hydrogens (tertiary/aromatic N) is 1. The van der Waals surface area contributed by atoms with Crippen LogP contribution in [0.5, 0.6) is 0 Å². The maximum absolute atomic E-state index is 13.9. The van der Waals surface area contributed by atoms with Gasteiger partial charge in [0.15, 0.2) is 18.3 Å². The van der Waals surface area contributed by atoms with Gasteiger partial charge in [0.1, 0.15) is 19.8 Å². The summed E-state index contributed by atoms with van der Waals surface area (Å²) in [6.07, 6.45) is -3.32. The number of carbonyl (C=O) groups is 9. The van der Waals surface area contributed by atoms with Crippen molar-refractivity contribution in [1.82, 2.24) is 10.6 Å². The number of hydrogen-bond acceptors (Lipinski definition) is 15. The minimum absolute atomic E-state index is 0.0664. The molecular formula is C32H41I2N3O15. The molecule has 1 aromatic carbocycles. The maximum Gasteiger partial charge on any atom is 0.303 e. The van der Waals surface area contributed by atoms with Crippen molar-refractivity contribution in [3.05, 3.63) is 23.8 Å². The Labute approximate surface area is 326 Å². The van der Waals surface area contributed by atoms with E-state index < -0.39 is 78.5 Å². The van der Waals surface area contributed by atoms with Crippen LogP contribution in [-0.4, -0.2) is 111 Å². The fourth-order valence-corrected chi connectivity index (χ4v) is 7.37. The summed E-state index contributed by atoms with van der Waals surface area (Å²) in [5.41, 5.74) is 0.0927. The first kappa shape index (κ1) is 45.9. The largest absolute Gasteiger partial charge is 0.462 e. The Balaban J connectivity index is 3.86. The zero-order valence-corrected chi connectivity index (χ0v) is 34.1. The predicted molar refractivity (Wildman–Crippen MR) is 196 cm³/mol. The third kappa shape index (κ3) is 15.7. The molecule has 0 saturated heterocycles. The highest BCUT2D eigenvalue weighted by Gasteiger charge is 2.33. The molecule has 0 aliphatic rings. The van der Waals surface area contributed by atoms with Crippen LogP contribution in [0.15, 0.2) is 0 Å². The normalized spacial score (nSPS) is 12.2. The van der Waals surface area contributed by atoms with Crippen molar-refractivity contribution in [3.8, 4) is 0 Å². The molecule has 1 aromatic rings. The zero-order chi connectivity index (χ0) is 39.9. The summed E-state index contributed by atoms with van der Waals surface area (Å²) < 4.78 is 30.8. The molecule has 0 heterocycles. The standard InChI is InChI=1S/C32H41I2N3O15/c1-15-26(31(45)35-9-23(50-20(6)42)12-47-17(3)39)28(33)27(32(46)36-10-24(51-21(7)43)13-48-18(4)40)29(34)30(15)37(16(2)38)11-25(52-22(8)44)14-49-19(5)41/h23-25H,9-14H2,1-8H3,(H,35,45)(H,36,46). The smallest absolute Gasteiger partial charge is 0.303 e. The minimum Gasteiger partial charge on any atom is -0.462 e. The van der Waals surface area contributed by atoms with E-state index in [1.807, 2.05) is 22.6 Å². The molecule has 0 fully saturated rings. The van der Waals surface area contributed by atoms with Crippen molar-refractivity contribution >= 4 is 104 Å². The van der Waals surface area contributed by atoms with Crippen LogP contribution < -0.4 is 15.5 Å². The van der Waals surface area contributed by atoms with Crippen molar-refractivity contribution in [2.24, 2.45) is 0 Å². The summed E-state index contributed by atoms with van der Waals surface area (Å²) in [5, 5.41) is 5.21. The van der Waals surface area contributed by atoms with Crippen LogP contribution >= 0.6 is 45.2 Å². The molecule has 0 bridgehead atoms. The Hall–Kier alpha value is -4.09. The van der Waals surface area contributed by atoms with Crippen LogP contribution in [-0.2, 0) is 62.0 Å². The van der Waals surface area contributed by atoms with Gasteiger partial charge in [0.25, 0.3) is 11.8 Å². The molecule has 52 heavy (non-hydrogen) atoms. The highest BCUT2D eigenvalue weighted by atomic mass is 127. The van der Waals surface area contributed by atoms with Crippen LogP contribution in [0.2, 0.25) is 0 Å². The summed E-state index contributed by atoms with van der Waals surface area (Å²) in [5.74, 6) is -6.29. The van der Waals surface area contributed by atoms with Crippen molar-refractivity contribution in [3.63, 3.8) is 0 Å². The molecule has 20 heteroatoms. The van der Waals surface area contributed by atoms with Gasteiger partial charge in [0.2, 0.25) is 5.91 Å². The quantitative estimate of drug-likeness (QED) is 0.121. The van der Waals surface area contributed by atoms with Gasteiger partial charge in [0.05, 0.1) is 40.0 Å². The van der Waals surface area contributed by atoms with Gasteiger partial charge in [-0.05, 0) is 57.7 Å². The Bertz CT molecular complexity index is 1480. The molecule has 3 atom stereocenters. The van der Waals surface area contributed by atoms with Gasteiger partial charge in [-0.3, -0.25) is 43.2 Å².